The van der Waals surface area contributed by atoms with Crippen LogP contribution in [0, 0.1) is 17.3 Å². The molecule has 0 fully saturated rings. The molecule has 0 spiro atoms. The minimum atomic E-state index is -0.0663. The van der Waals surface area contributed by atoms with Gasteiger partial charge in [0.15, 0.2) is 5.78 Å². The van der Waals surface area contributed by atoms with E-state index in [9.17, 15) is 9.90 Å². The Hall–Kier alpha value is -0.790. The third-order valence-electron chi connectivity index (χ3n) is 2.61. The van der Waals surface area contributed by atoms with Crippen LogP contribution >= 0.6 is 0 Å². The molecular weight excluding hydrogens is 176 g/mol. The molecule has 14 heavy (non-hydrogen) atoms. The van der Waals surface area contributed by atoms with E-state index < -0.39 is 0 Å². The molecule has 82 valence electrons. The molecule has 0 radical (unpaired) electrons. The first-order chi connectivity index (χ1) is 6.16. The lowest BCUT2D eigenvalue weighted by molar-refractivity contribution is -0.120. The van der Waals surface area contributed by atoms with Gasteiger partial charge in [0.05, 0.1) is 5.76 Å². The van der Waals surface area contributed by atoms with E-state index in [1.54, 1.807) is 0 Å². The van der Waals surface area contributed by atoms with Crippen molar-refractivity contribution in [2.75, 3.05) is 0 Å². The summed E-state index contributed by atoms with van der Waals surface area (Å²) in [6, 6.07) is 0. The molecule has 1 N–H and O–H groups in total. The first kappa shape index (κ1) is 13.2. The van der Waals surface area contributed by atoms with E-state index in [0.29, 0.717) is 0 Å². The third kappa shape index (κ3) is 3.95. The van der Waals surface area contributed by atoms with Crippen LogP contribution < -0.4 is 0 Å². The van der Waals surface area contributed by atoms with E-state index in [0.717, 1.165) is 0 Å². The van der Waals surface area contributed by atoms with Gasteiger partial charge < -0.3 is 5.11 Å². The second kappa shape index (κ2) is 4.63. The van der Waals surface area contributed by atoms with Crippen LogP contribution in [0.2, 0.25) is 0 Å². The van der Waals surface area contributed by atoms with Gasteiger partial charge in [-0.2, -0.15) is 0 Å². The van der Waals surface area contributed by atoms with Crippen LogP contribution in [-0.2, 0) is 4.79 Å². The standard InChI is InChI=1S/C12H22O2/c1-8(2)10(13)7-11(14)9(3)12(4,5)6/h7-9,13H,1-6H3. The summed E-state index contributed by atoms with van der Waals surface area (Å²) in [6.07, 6.45) is 1.36. The summed E-state index contributed by atoms with van der Waals surface area (Å²) in [4.78, 5) is 11.7. The van der Waals surface area contributed by atoms with Crippen molar-refractivity contribution in [1.82, 2.24) is 0 Å². The molecule has 0 aromatic carbocycles. The molecule has 0 aromatic rings. The third-order valence-corrected chi connectivity index (χ3v) is 2.61. The molecule has 0 amide bonds. The zero-order valence-corrected chi connectivity index (χ0v) is 10.1. The van der Waals surface area contributed by atoms with Crippen LogP contribution in [0.25, 0.3) is 0 Å². The largest absolute Gasteiger partial charge is 0.512 e. The maximum atomic E-state index is 11.7. The average molecular weight is 198 g/mol. The quantitative estimate of drug-likeness (QED) is 0.558. The Kier molecular flexibility index (Phi) is 4.37. The number of carbonyl (C=O) groups excluding carboxylic acids is 1. The maximum absolute atomic E-state index is 11.7. The van der Waals surface area contributed by atoms with Crippen LogP contribution in [0.3, 0.4) is 0 Å². The lowest BCUT2D eigenvalue weighted by Gasteiger charge is -2.24. The highest BCUT2D eigenvalue weighted by Crippen LogP contribution is 2.26. The monoisotopic (exact) mass is 198 g/mol. The average Bonchev–Trinajstić information content (AvgIpc) is 2.00. The molecular formula is C12H22O2. The van der Waals surface area contributed by atoms with Gasteiger partial charge in [0, 0.05) is 17.9 Å². The number of carbonyl (C=O) groups is 1. The van der Waals surface area contributed by atoms with Crippen molar-refractivity contribution in [3.05, 3.63) is 11.8 Å². The van der Waals surface area contributed by atoms with Gasteiger partial charge in [0.2, 0.25) is 0 Å². The number of allylic oxidation sites excluding steroid dienone is 2. The fourth-order valence-corrected chi connectivity index (χ4v) is 0.864. The van der Waals surface area contributed by atoms with Gasteiger partial charge in [0.25, 0.3) is 0 Å². The van der Waals surface area contributed by atoms with E-state index in [-0.39, 0.29) is 28.8 Å². The topological polar surface area (TPSA) is 37.3 Å². The second-order valence-electron chi connectivity index (χ2n) is 5.21. The van der Waals surface area contributed by atoms with Crippen molar-refractivity contribution in [2.45, 2.75) is 41.5 Å². The fourth-order valence-electron chi connectivity index (χ4n) is 0.864. The summed E-state index contributed by atoms with van der Waals surface area (Å²) in [6.45, 7) is 11.7. The van der Waals surface area contributed by atoms with Crippen LogP contribution in [0.4, 0.5) is 0 Å². The molecule has 0 aliphatic heterocycles. The van der Waals surface area contributed by atoms with Crippen molar-refractivity contribution in [2.24, 2.45) is 17.3 Å². The fraction of sp³-hybridized carbons (Fsp3) is 0.750. The predicted octanol–water partition coefficient (Wildman–Crippen LogP) is 3.34. The summed E-state index contributed by atoms with van der Waals surface area (Å²) in [7, 11) is 0. The lowest BCUT2D eigenvalue weighted by Crippen LogP contribution is -2.24. The Morgan fingerprint density at radius 3 is 1.93 bits per heavy atom. The number of rotatable bonds is 3. The zero-order valence-electron chi connectivity index (χ0n) is 10.1. The highest BCUT2D eigenvalue weighted by atomic mass is 16.3. The first-order valence-electron chi connectivity index (χ1n) is 5.10. The van der Waals surface area contributed by atoms with Crippen molar-refractivity contribution in [1.29, 1.82) is 0 Å². The number of hydrogen-bond donors (Lipinski definition) is 1. The summed E-state index contributed by atoms with van der Waals surface area (Å²) >= 11 is 0. The summed E-state index contributed by atoms with van der Waals surface area (Å²) in [5, 5.41) is 9.45. The number of ketones is 1. The Morgan fingerprint density at radius 1 is 1.21 bits per heavy atom. The van der Waals surface area contributed by atoms with Crippen LogP contribution in [0.5, 0.6) is 0 Å². The SMILES string of the molecule is CC(C)C(O)=CC(=O)C(C)C(C)(C)C. The minimum absolute atomic E-state index is 0.00343. The van der Waals surface area contributed by atoms with Crippen molar-refractivity contribution >= 4 is 5.78 Å². The number of aliphatic hydroxyl groups is 1. The zero-order chi connectivity index (χ0) is 11.5. The molecule has 0 saturated carbocycles. The molecule has 0 aromatic heterocycles. The summed E-state index contributed by atoms with van der Waals surface area (Å²) < 4.78 is 0. The van der Waals surface area contributed by atoms with E-state index in [1.807, 2.05) is 41.5 Å². The van der Waals surface area contributed by atoms with Gasteiger partial charge in [-0.1, -0.05) is 41.5 Å². The second-order valence-corrected chi connectivity index (χ2v) is 5.21. The number of hydrogen-bond acceptors (Lipinski definition) is 2. The van der Waals surface area contributed by atoms with E-state index in [4.69, 9.17) is 0 Å². The van der Waals surface area contributed by atoms with E-state index >= 15 is 0 Å². The van der Waals surface area contributed by atoms with Crippen LogP contribution in [0.1, 0.15) is 41.5 Å². The maximum Gasteiger partial charge on any atom is 0.162 e. The molecule has 2 nitrogen and oxygen atoms in total. The minimum Gasteiger partial charge on any atom is -0.512 e. The van der Waals surface area contributed by atoms with Gasteiger partial charge in [-0.15, -0.1) is 0 Å². The molecule has 1 unspecified atom stereocenters. The van der Waals surface area contributed by atoms with Crippen molar-refractivity contribution < 1.29 is 9.90 Å². The van der Waals surface area contributed by atoms with Gasteiger partial charge >= 0.3 is 0 Å². The van der Waals surface area contributed by atoms with E-state index in [2.05, 4.69) is 0 Å². The Morgan fingerprint density at radius 2 is 1.64 bits per heavy atom. The van der Waals surface area contributed by atoms with Crippen LogP contribution in [0.15, 0.2) is 11.8 Å². The molecule has 0 aliphatic rings. The first-order valence-corrected chi connectivity index (χ1v) is 5.10. The predicted molar refractivity (Wildman–Crippen MR) is 59.2 cm³/mol. The highest BCUT2D eigenvalue weighted by molar-refractivity contribution is 5.92. The Bertz CT molecular complexity index is 231. The van der Waals surface area contributed by atoms with Crippen LogP contribution in [-0.4, -0.2) is 10.9 Å². The summed E-state index contributed by atoms with van der Waals surface area (Å²) in [5.41, 5.74) is -0.0508. The highest BCUT2D eigenvalue weighted by Gasteiger charge is 2.25. The molecule has 2 heteroatoms. The van der Waals surface area contributed by atoms with Crippen molar-refractivity contribution in [3.8, 4) is 0 Å². The lowest BCUT2D eigenvalue weighted by atomic mass is 9.79. The normalized spacial score (nSPS) is 15.8. The smallest absolute Gasteiger partial charge is 0.162 e. The molecule has 0 heterocycles. The Labute approximate surface area is 87.0 Å². The van der Waals surface area contributed by atoms with Gasteiger partial charge in [-0.3, -0.25) is 4.79 Å². The number of aliphatic hydroxyl groups excluding tert-OH is 1. The summed E-state index contributed by atoms with van der Waals surface area (Å²) in [5.74, 6) is 0.129. The van der Waals surface area contributed by atoms with Crippen molar-refractivity contribution in [3.63, 3.8) is 0 Å². The molecule has 0 saturated heterocycles. The molecule has 1 atom stereocenters. The van der Waals surface area contributed by atoms with Gasteiger partial charge in [-0.25, -0.2) is 0 Å². The van der Waals surface area contributed by atoms with Gasteiger partial charge in [-0.05, 0) is 5.41 Å². The molecule has 0 bridgehead atoms. The van der Waals surface area contributed by atoms with E-state index in [1.165, 1.54) is 6.08 Å². The molecule has 0 aliphatic carbocycles. The molecule has 0 rings (SSSR count). The van der Waals surface area contributed by atoms with Gasteiger partial charge in [0.1, 0.15) is 0 Å². The Balaban J connectivity index is 4.59.